The summed E-state index contributed by atoms with van der Waals surface area (Å²) in [5.74, 6) is 0.916. The number of hydrogen-bond acceptors (Lipinski definition) is 2. The molecule has 0 bridgehead atoms. The fraction of sp³-hybridized carbons (Fsp3) is 1.00. The van der Waals surface area contributed by atoms with Gasteiger partial charge in [0.2, 0.25) is 0 Å². The van der Waals surface area contributed by atoms with Crippen LogP contribution < -0.4 is 0 Å². The van der Waals surface area contributed by atoms with E-state index >= 15 is 0 Å². The Morgan fingerprint density at radius 3 is 2.55 bits per heavy atom. The Morgan fingerprint density at radius 1 is 1.27 bits per heavy atom. The van der Waals surface area contributed by atoms with Crippen molar-refractivity contribution < 1.29 is 10.2 Å². The first-order valence-electron chi connectivity index (χ1n) is 4.62. The van der Waals surface area contributed by atoms with E-state index in [1.165, 1.54) is 19.3 Å². The van der Waals surface area contributed by atoms with Crippen molar-refractivity contribution in [2.75, 3.05) is 6.61 Å². The van der Waals surface area contributed by atoms with Crippen LogP contribution in [0.4, 0.5) is 0 Å². The molecule has 0 heterocycles. The van der Waals surface area contributed by atoms with Gasteiger partial charge in [0.15, 0.2) is 0 Å². The van der Waals surface area contributed by atoms with Crippen LogP contribution in [0.3, 0.4) is 0 Å². The van der Waals surface area contributed by atoms with Crippen molar-refractivity contribution in [2.45, 2.75) is 44.6 Å². The molecule has 0 aromatic heterocycles. The molecule has 0 aromatic rings. The molecular formula is C9H18O2. The SMILES string of the molecule is OCCCC(O)CCC1CC1. The Hall–Kier alpha value is -0.0800. The minimum atomic E-state index is -0.164. The molecule has 2 heteroatoms. The quantitative estimate of drug-likeness (QED) is 0.612. The second-order valence-corrected chi connectivity index (χ2v) is 3.54. The fourth-order valence-electron chi connectivity index (χ4n) is 1.31. The van der Waals surface area contributed by atoms with Gasteiger partial charge in [-0.1, -0.05) is 12.8 Å². The van der Waals surface area contributed by atoms with Gasteiger partial charge in [-0.15, -0.1) is 0 Å². The molecule has 1 aliphatic carbocycles. The third-order valence-corrected chi connectivity index (χ3v) is 2.30. The first kappa shape index (κ1) is 9.01. The Balaban J connectivity index is 1.87. The monoisotopic (exact) mass is 158 g/mol. The highest BCUT2D eigenvalue weighted by molar-refractivity contribution is 4.74. The smallest absolute Gasteiger partial charge is 0.0541 e. The molecule has 0 aliphatic heterocycles. The van der Waals surface area contributed by atoms with Crippen LogP contribution in [0.25, 0.3) is 0 Å². The summed E-state index contributed by atoms with van der Waals surface area (Å²) in [5.41, 5.74) is 0. The summed E-state index contributed by atoms with van der Waals surface area (Å²) in [6.45, 7) is 0.209. The second-order valence-electron chi connectivity index (χ2n) is 3.54. The van der Waals surface area contributed by atoms with Gasteiger partial charge in [-0.25, -0.2) is 0 Å². The Kier molecular flexibility index (Phi) is 3.87. The van der Waals surface area contributed by atoms with Gasteiger partial charge >= 0.3 is 0 Å². The first-order valence-corrected chi connectivity index (χ1v) is 4.62. The van der Waals surface area contributed by atoms with Gasteiger partial charge in [0.1, 0.15) is 0 Å². The van der Waals surface area contributed by atoms with Crippen molar-refractivity contribution in [3.8, 4) is 0 Å². The molecule has 1 atom stereocenters. The predicted molar refractivity (Wildman–Crippen MR) is 44.3 cm³/mol. The first-order chi connectivity index (χ1) is 5.33. The zero-order valence-corrected chi connectivity index (χ0v) is 7.00. The molecule has 0 amide bonds. The molecule has 1 unspecified atom stereocenters. The van der Waals surface area contributed by atoms with Crippen molar-refractivity contribution in [3.05, 3.63) is 0 Å². The molecule has 1 saturated carbocycles. The molecule has 2 N–H and O–H groups in total. The van der Waals surface area contributed by atoms with E-state index in [0.29, 0.717) is 0 Å². The highest BCUT2D eigenvalue weighted by Gasteiger charge is 2.21. The summed E-state index contributed by atoms with van der Waals surface area (Å²) in [6.07, 6.45) is 6.20. The normalized spacial score (nSPS) is 20.2. The number of aliphatic hydroxyl groups is 2. The van der Waals surface area contributed by atoms with Gasteiger partial charge < -0.3 is 10.2 Å². The summed E-state index contributed by atoms with van der Waals surface area (Å²) < 4.78 is 0. The molecule has 0 spiro atoms. The van der Waals surface area contributed by atoms with E-state index in [1.54, 1.807) is 0 Å². The molecule has 66 valence electrons. The van der Waals surface area contributed by atoms with Crippen LogP contribution in [0, 0.1) is 5.92 Å². The van der Waals surface area contributed by atoms with Gasteiger partial charge in [0.25, 0.3) is 0 Å². The maximum absolute atomic E-state index is 9.35. The second kappa shape index (κ2) is 4.73. The molecule has 1 rings (SSSR count). The van der Waals surface area contributed by atoms with Crippen molar-refractivity contribution in [2.24, 2.45) is 5.92 Å². The van der Waals surface area contributed by atoms with E-state index in [9.17, 15) is 5.11 Å². The molecule has 0 aromatic carbocycles. The zero-order valence-electron chi connectivity index (χ0n) is 7.00. The molecule has 0 saturated heterocycles. The average Bonchev–Trinajstić information content (AvgIpc) is 2.80. The average molecular weight is 158 g/mol. The highest BCUT2D eigenvalue weighted by atomic mass is 16.3. The van der Waals surface area contributed by atoms with E-state index in [-0.39, 0.29) is 12.7 Å². The van der Waals surface area contributed by atoms with Crippen LogP contribution in [0.15, 0.2) is 0 Å². The minimum Gasteiger partial charge on any atom is -0.396 e. The molecule has 11 heavy (non-hydrogen) atoms. The lowest BCUT2D eigenvalue weighted by Gasteiger charge is -2.07. The van der Waals surface area contributed by atoms with Gasteiger partial charge in [0, 0.05) is 6.61 Å². The van der Waals surface area contributed by atoms with Gasteiger partial charge in [-0.3, -0.25) is 0 Å². The zero-order chi connectivity index (χ0) is 8.10. The molecule has 1 fully saturated rings. The number of rotatable bonds is 6. The summed E-state index contributed by atoms with van der Waals surface area (Å²) in [5, 5.41) is 17.8. The predicted octanol–water partition coefficient (Wildman–Crippen LogP) is 1.31. The lowest BCUT2D eigenvalue weighted by molar-refractivity contribution is 0.137. The van der Waals surface area contributed by atoms with E-state index in [0.717, 1.165) is 25.2 Å². The van der Waals surface area contributed by atoms with Crippen molar-refractivity contribution in [3.63, 3.8) is 0 Å². The molecular weight excluding hydrogens is 140 g/mol. The van der Waals surface area contributed by atoms with Crippen LogP contribution in [0.5, 0.6) is 0 Å². The number of hydrogen-bond donors (Lipinski definition) is 2. The molecule has 1 aliphatic rings. The van der Waals surface area contributed by atoms with Crippen LogP contribution in [0.1, 0.15) is 38.5 Å². The minimum absolute atomic E-state index is 0.164. The molecule has 0 radical (unpaired) electrons. The van der Waals surface area contributed by atoms with Crippen LogP contribution in [0.2, 0.25) is 0 Å². The standard InChI is InChI=1S/C9H18O2/c10-7-1-2-9(11)6-5-8-3-4-8/h8-11H,1-7H2. The number of aliphatic hydroxyl groups excluding tert-OH is 2. The Bertz CT molecular complexity index is 99.7. The van der Waals surface area contributed by atoms with E-state index < -0.39 is 0 Å². The fourth-order valence-corrected chi connectivity index (χ4v) is 1.31. The maximum atomic E-state index is 9.35. The van der Waals surface area contributed by atoms with E-state index in [1.807, 2.05) is 0 Å². The van der Waals surface area contributed by atoms with Crippen molar-refractivity contribution in [1.29, 1.82) is 0 Å². The largest absolute Gasteiger partial charge is 0.396 e. The summed E-state index contributed by atoms with van der Waals surface area (Å²) in [6, 6.07) is 0. The third-order valence-electron chi connectivity index (χ3n) is 2.30. The van der Waals surface area contributed by atoms with Gasteiger partial charge in [-0.2, -0.15) is 0 Å². The summed E-state index contributed by atoms with van der Waals surface area (Å²) in [7, 11) is 0. The maximum Gasteiger partial charge on any atom is 0.0541 e. The topological polar surface area (TPSA) is 40.5 Å². The molecule has 2 nitrogen and oxygen atoms in total. The Morgan fingerprint density at radius 2 is 2.00 bits per heavy atom. The lowest BCUT2D eigenvalue weighted by atomic mass is 10.1. The summed E-state index contributed by atoms with van der Waals surface area (Å²) >= 11 is 0. The Labute approximate surface area is 68.2 Å². The third kappa shape index (κ3) is 4.38. The van der Waals surface area contributed by atoms with Gasteiger partial charge in [0.05, 0.1) is 6.10 Å². The lowest BCUT2D eigenvalue weighted by Crippen LogP contribution is -2.07. The van der Waals surface area contributed by atoms with Crippen LogP contribution in [-0.4, -0.2) is 22.9 Å². The summed E-state index contributed by atoms with van der Waals surface area (Å²) in [4.78, 5) is 0. The highest BCUT2D eigenvalue weighted by Crippen LogP contribution is 2.34. The van der Waals surface area contributed by atoms with E-state index in [4.69, 9.17) is 5.11 Å². The van der Waals surface area contributed by atoms with Crippen LogP contribution in [-0.2, 0) is 0 Å². The van der Waals surface area contributed by atoms with E-state index in [2.05, 4.69) is 0 Å². The van der Waals surface area contributed by atoms with Crippen molar-refractivity contribution >= 4 is 0 Å². The van der Waals surface area contributed by atoms with Crippen LogP contribution >= 0.6 is 0 Å². The van der Waals surface area contributed by atoms with Crippen molar-refractivity contribution in [1.82, 2.24) is 0 Å². The van der Waals surface area contributed by atoms with Gasteiger partial charge in [-0.05, 0) is 31.6 Å².